The Morgan fingerprint density at radius 3 is 2.62 bits per heavy atom. The van der Waals surface area contributed by atoms with Gasteiger partial charge in [-0.3, -0.25) is 19.5 Å². The van der Waals surface area contributed by atoms with Gasteiger partial charge in [0.2, 0.25) is 0 Å². The second kappa shape index (κ2) is 6.18. The van der Waals surface area contributed by atoms with Crippen LogP contribution in [0.4, 0.5) is 0 Å². The van der Waals surface area contributed by atoms with Crippen LogP contribution in [0.25, 0.3) is 6.08 Å². The lowest BCUT2D eigenvalue weighted by atomic mass is 10.2. The molecule has 2 amide bonds. The monoisotopic (exact) mass is 305 g/mol. The average molecular weight is 306 g/mol. The van der Waals surface area contributed by atoms with Gasteiger partial charge in [-0.25, -0.2) is 4.98 Å². The maximum absolute atomic E-state index is 12.1. The molecule has 1 aliphatic heterocycles. The summed E-state index contributed by atoms with van der Waals surface area (Å²) in [6.45, 7) is 5.92. The molecule has 5 nitrogen and oxygen atoms in total. The van der Waals surface area contributed by atoms with E-state index in [9.17, 15) is 9.59 Å². The van der Waals surface area contributed by atoms with Crippen molar-refractivity contribution in [3.05, 3.63) is 40.0 Å². The predicted molar refractivity (Wildman–Crippen MR) is 80.6 cm³/mol. The summed E-state index contributed by atoms with van der Waals surface area (Å²) in [4.78, 5) is 33.7. The van der Waals surface area contributed by atoms with E-state index in [1.54, 1.807) is 12.2 Å². The SMILES string of the molecule is Cc1nc(C)c(/C=C/C(=O)N2CCC=C(Cl)C2=O)nc1C. The van der Waals surface area contributed by atoms with Crippen molar-refractivity contribution in [2.75, 3.05) is 6.54 Å². The molecule has 21 heavy (non-hydrogen) atoms. The van der Waals surface area contributed by atoms with Crippen LogP contribution in [0.2, 0.25) is 0 Å². The third-order valence-corrected chi connectivity index (χ3v) is 3.61. The number of amides is 2. The fourth-order valence-electron chi connectivity index (χ4n) is 1.98. The molecule has 6 heteroatoms. The van der Waals surface area contributed by atoms with Crippen LogP contribution in [0.15, 0.2) is 17.2 Å². The fourth-order valence-corrected chi connectivity index (χ4v) is 2.19. The summed E-state index contributed by atoms with van der Waals surface area (Å²) in [5.41, 5.74) is 3.04. The van der Waals surface area contributed by atoms with E-state index < -0.39 is 11.8 Å². The van der Waals surface area contributed by atoms with Crippen molar-refractivity contribution in [2.24, 2.45) is 0 Å². The number of rotatable bonds is 2. The number of hydrogen-bond acceptors (Lipinski definition) is 4. The number of aryl methyl sites for hydroxylation is 3. The number of halogens is 1. The molecule has 110 valence electrons. The number of carbonyl (C=O) groups excluding carboxylic acids is 2. The van der Waals surface area contributed by atoms with Gasteiger partial charge in [-0.1, -0.05) is 17.7 Å². The van der Waals surface area contributed by atoms with Crippen molar-refractivity contribution >= 4 is 29.5 Å². The minimum Gasteiger partial charge on any atom is -0.274 e. The lowest BCUT2D eigenvalue weighted by Gasteiger charge is -2.21. The largest absolute Gasteiger partial charge is 0.274 e. The van der Waals surface area contributed by atoms with Gasteiger partial charge in [0, 0.05) is 12.6 Å². The molecule has 0 radical (unpaired) electrons. The lowest BCUT2D eigenvalue weighted by molar-refractivity contribution is -0.139. The summed E-state index contributed by atoms with van der Waals surface area (Å²) < 4.78 is 0. The highest BCUT2D eigenvalue weighted by atomic mass is 35.5. The summed E-state index contributed by atoms with van der Waals surface area (Å²) in [7, 11) is 0. The molecule has 1 aromatic rings. The Morgan fingerprint density at radius 1 is 1.24 bits per heavy atom. The van der Waals surface area contributed by atoms with E-state index in [-0.39, 0.29) is 5.03 Å². The Hall–Kier alpha value is -2.01. The van der Waals surface area contributed by atoms with Crippen LogP contribution in [0.5, 0.6) is 0 Å². The van der Waals surface area contributed by atoms with Gasteiger partial charge in [-0.15, -0.1) is 0 Å². The van der Waals surface area contributed by atoms with Crippen LogP contribution in [-0.2, 0) is 9.59 Å². The van der Waals surface area contributed by atoms with Crippen molar-refractivity contribution in [2.45, 2.75) is 27.2 Å². The highest BCUT2D eigenvalue weighted by molar-refractivity contribution is 6.43. The Morgan fingerprint density at radius 2 is 1.90 bits per heavy atom. The van der Waals surface area contributed by atoms with Gasteiger partial charge in [0.1, 0.15) is 5.03 Å². The van der Waals surface area contributed by atoms with Crippen LogP contribution in [0.3, 0.4) is 0 Å². The molecule has 0 fully saturated rings. The number of hydrogen-bond donors (Lipinski definition) is 0. The first-order chi connectivity index (χ1) is 9.90. The number of nitrogens with zero attached hydrogens (tertiary/aromatic N) is 3. The molecule has 0 spiro atoms. The Kier molecular flexibility index (Phi) is 4.53. The molecule has 0 unspecified atom stereocenters. The molecular weight excluding hydrogens is 290 g/mol. The van der Waals surface area contributed by atoms with E-state index in [1.165, 1.54) is 6.08 Å². The van der Waals surface area contributed by atoms with Gasteiger partial charge in [0.15, 0.2) is 0 Å². The van der Waals surface area contributed by atoms with E-state index in [1.807, 2.05) is 20.8 Å². The van der Waals surface area contributed by atoms with Gasteiger partial charge >= 0.3 is 0 Å². The molecule has 0 bridgehead atoms. The Labute approximate surface area is 128 Å². The van der Waals surface area contributed by atoms with Crippen molar-refractivity contribution in [3.63, 3.8) is 0 Å². The molecule has 2 rings (SSSR count). The average Bonchev–Trinajstić information content (AvgIpc) is 2.44. The summed E-state index contributed by atoms with van der Waals surface area (Å²) in [5, 5.41) is 0.0881. The highest BCUT2D eigenvalue weighted by Crippen LogP contribution is 2.16. The van der Waals surface area contributed by atoms with Crippen molar-refractivity contribution < 1.29 is 9.59 Å². The van der Waals surface area contributed by atoms with E-state index >= 15 is 0 Å². The number of aromatic nitrogens is 2. The third-order valence-electron chi connectivity index (χ3n) is 3.29. The van der Waals surface area contributed by atoms with E-state index in [2.05, 4.69) is 9.97 Å². The minimum atomic E-state index is -0.458. The maximum atomic E-state index is 12.1. The molecular formula is C15H16ClN3O2. The molecule has 0 aliphatic carbocycles. The summed E-state index contributed by atoms with van der Waals surface area (Å²) in [5.74, 6) is -0.855. The Bertz CT molecular complexity index is 665. The van der Waals surface area contributed by atoms with Crippen LogP contribution in [0, 0.1) is 20.8 Å². The van der Waals surface area contributed by atoms with Gasteiger partial charge in [-0.05, 0) is 33.3 Å². The minimum absolute atomic E-state index is 0.0881. The molecule has 0 aromatic carbocycles. The van der Waals surface area contributed by atoms with Crippen LogP contribution < -0.4 is 0 Å². The molecule has 1 aromatic heterocycles. The molecule has 2 heterocycles. The maximum Gasteiger partial charge on any atom is 0.271 e. The summed E-state index contributed by atoms with van der Waals surface area (Å²) in [6.07, 6.45) is 5.11. The van der Waals surface area contributed by atoms with E-state index in [4.69, 9.17) is 11.6 Å². The zero-order valence-electron chi connectivity index (χ0n) is 12.2. The second-order valence-corrected chi connectivity index (χ2v) is 5.24. The standard InChI is InChI=1S/C15H16ClN3O2/c1-9-10(2)18-13(11(3)17-9)6-7-14(20)19-8-4-5-12(16)15(19)21/h5-7H,4,8H2,1-3H3/b7-6+. The lowest BCUT2D eigenvalue weighted by Crippen LogP contribution is -2.38. The first-order valence-corrected chi connectivity index (χ1v) is 6.99. The predicted octanol–water partition coefficient (Wildman–Crippen LogP) is 2.30. The van der Waals surface area contributed by atoms with Crippen LogP contribution in [0.1, 0.15) is 29.2 Å². The first kappa shape index (κ1) is 15.4. The highest BCUT2D eigenvalue weighted by Gasteiger charge is 2.24. The smallest absolute Gasteiger partial charge is 0.271 e. The quantitative estimate of drug-likeness (QED) is 0.787. The van der Waals surface area contributed by atoms with E-state index in [0.717, 1.165) is 22.0 Å². The van der Waals surface area contributed by atoms with Gasteiger partial charge in [-0.2, -0.15) is 0 Å². The van der Waals surface area contributed by atoms with Crippen molar-refractivity contribution in [1.82, 2.24) is 14.9 Å². The first-order valence-electron chi connectivity index (χ1n) is 6.61. The summed E-state index contributed by atoms with van der Waals surface area (Å²) in [6, 6.07) is 0. The number of imide groups is 1. The van der Waals surface area contributed by atoms with Crippen molar-refractivity contribution in [1.29, 1.82) is 0 Å². The molecule has 0 atom stereocenters. The molecule has 1 aliphatic rings. The fraction of sp³-hybridized carbons (Fsp3) is 0.333. The number of carbonyl (C=O) groups is 2. The van der Waals surface area contributed by atoms with Crippen LogP contribution >= 0.6 is 11.6 Å². The van der Waals surface area contributed by atoms with Gasteiger partial charge in [0.05, 0.1) is 22.8 Å². The molecule has 0 saturated carbocycles. The zero-order chi connectivity index (χ0) is 15.6. The Balaban J connectivity index is 2.18. The molecule has 0 saturated heterocycles. The second-order valence-electron chi connectivity index (χ2n) is 4.83. The normalized spacial score (nSPS) is 15.5. The van der Waals surface area contributed by atoms with Crippen molar-refractivity contribution in [3.8, 4) is 0 Å². The third kappa shape index (κ3) is 3.36. The summed E-state index contributed by atoms with van der Waals surface area (Å²) >= 11 is 5.76. The van der Waals surface area contributed by atoms with Gasteiger partial charge in [0.25, 0.3) is 11.8 Å². The van der Waals surface area contributed by atoms with E-state index in [0.29, 0.717) is 18.7 Å². The van der Waals surface area contributed by atoms with Crippen LogP contribution in [-0.4, -0.2) is 33.2 Å². The van der Waals surface area contributed by atoms with Gasteiger partial charge < -0.3 is 0 Å². The topological polar surface area (TPSA) is 63.2 Å². The molecule has 0 N–H and O–H groups in total. The zero-order valence-corrected chi connectivity index (χ0v) is 12.9.